The van der Waals surface area contributed by atoms with E-state index >= 15 is 0 Å². The summed E-state index contributed by atoms with van der Waals surface area (Å²) >= 11 is 12.0. The number of halogens is 2. The zero-order valence-electron chi connectivity index (χ0n) is 14.5. The van der Waals surface area contributed by atoms with Gasteiger partial charge in [-0.25, -0.2) is 14.6 Å². The minimum atomic E-state index is -0.442. The number of carbonyl (C=O) groups excluding carboxylic acids is 1. The Hall–Kier alpha value is -1.73. The van der Waals surface area contributed by atoms with Gasteiger partial charge in [0.25, 0.3) is 0 Å². The third-order valence-electron chi connectivity index (χ3n) is 3.48. The van der Waals surface area contributed by atoms with Gasteiger partial charge in [-0.3, -0.25) is 0 Å². The molecule has 3 N–H and O–H groups in total. The summed E-state index contributed by atoms with van der Waals surface area (Å²) in [5.74, 6) is 0. The summed E-state index contributed by atoms with van der Waals surface area (Å²) in [5, 5.41) is 6.12. The monoisotopic (exact) mass is 385 g/mol. The first-order valence-electron chi connectivity index (χ1n) is 7.62. The van der Waals surface area contributed by atoms with Crippen LogP contribution in [-0.4, -0.2) is 18.1 Å². The summed E-state index contributed by atoms with van der Waals surface area (Å²) in [4.78, 5) is 25.2. The van der Waals surface area contributed by atoms with Crippen LogP contribution in [0.25, 0.3) is 0 Å². The maximum absolute atomic E-state index is 12.3. The second-order valence-electron chi connectivity index (χ2n) is 6.43. The van der Waals surface area contributed by atoms with Crippen molar-refractivity contribution in [2.24, 2.45) is 0 Å². The number of hydrogen-bond acceptors (Lipinski definition) is 3. The summed E-state index contributed by atoms with van der Waals surface area (Å²) in [6.07, 6.45) is 0. The summed E-state index contributed by atoms with van der Waals surface area (Å²) < 4.78 is 0. The van der Waals surface area contributed by atoms with Gasteiger partial charge in [-0.15, -0.1) is 0 Å². The predicted molar refractivity (Wildman–Crippen MR) is 100 cm³/mol. The van der Waals surface area contributed by atoms with E-state index < -0.39 is 6.03 Å². The zero-order valence-corrected chi connectivity index (χ0v) is 16.0. The molecule has 0 saturated carbocycles. The van der Waals surface area contributed by atoms with Crippen molar-refractivity contribution in [3.63, 3.8) is 0 Å². The van der Waals surface area contributed by atoms with Crippen LogP contribution in [-0.2, 0) is 21.8 Å². The lowest BCUT2D eigenvalue weighted by Crippen LogP contribution is -2.20. The molecule has 1 heterocycles. The van der Waals surface area contributed by atoms with Crippen LogP contribution in [0.1, 0.15) is 32.2 Å². The first-order valence-corrected chi connectivity index (χ1v) is 8.38. The van der Waals surface area contributed by atoms with Gasteiger partial charge in [0, 0.05) is 11.1 Å². The molecule has 8 heteroatoms. The van der Waals surface area contributed by atoms with Crippen LogP contribution < -0.4 is 10.6 Å². The number of amides is 2. The minimum absolute atomic E-state index is 0.117. The Labute approximate surface area is 156 Å². The van der Waals surface area contributed by atoms with Crippen molar-refractivity contribution in [3.05, 3.63) is 45.7 Å². The second-order valence-corrected chi connectivity index (χ2v) is 7.22. The SMILES string of the molecule is COOCc1[nH]c(C(C)(C)C)cc1NC(=O)Nc1cccc(Cl)c1Cl. The Kier molecular flexibility index (Phi) is 6.35. The van der Waals surface area contributed by atoms with Crippen LogP contribution in [0.4, 0.5) is 16.2 Å². The zero-order chi connectivity index (χ0) is 18.6. The van der Waals surface area contributed by atoms with Crippen LogP contribution in [0.2, 0.25) is 10.0 Å². The lowest BCUT2D eigenvalue weighted by molar-refractivity contribution is -0.282. The van der Waals surface area contributed by atoms with E-state index in [1.165, 1.54) is 7.11 Å². The molecule has 2 rings (SSSR count). The molecule has 2 aromatic rings. The summed E-state index contributed by atoms with van der Waals surface area (Å²) in [6, 6.07) is 6.45. The average Bonchev–Trinajstić information content (AvgIpc) is 2.93. The van der Waals surface area contributed by atoms with E-state index in [4.69, 9.17) is 28.1 Å². The van der Waals surface area contributed by atoms with Crippen molar-refractivity contribution in [2.75, 3.05) is 17.7 Å². The highest BCUT2D eigenvalue weighted by Gasteiger charge is 2.20. The normalized spacial score (nSPS) is 11.4. The van der Waals surface area contributed by atoms with Crippen molar-refractivity contribution >= 4 is 40.6 Å². The van der Waals surface area contributed by atoms with E-state index in [-0.39, 0.29) is 17.0 Å². The van der Waals surface area contributed by atoms with Crippen molar-refractivity contribution in [1.82, 2.24) is 4.98 Å². The molecule has 0 radical (unpaired) electrons. The summed E-state index contributed by atoms with van der Waals surface area (Å²) in [5.41, 5.74) is 2.55. The molecular weight excluding hydrogens is 365 g/mol. The average molecular weight is 386 g/mol. The van der Waals surface area contributed by atoms with Crippen LogP contribution in [0.15, 0.2) is 24.3 Å². The molecule has 1 aromatic carbocycles. The first kappa shape index (κ1) is 19.6. The number of aromatic nitrogens is 1. The Morgan fingerprint density at radius 1 is 1.20 bits per heavy atom. The van der Waals surface area contributed by atoms with Crippen molar-refractivity contribution in [2.45, 2.75) is 32.8 Å². The van der Waals surface area contributed by atoms with Crippen molar-refractivity contribution in [1.29, 1.82) is 0 Å². The molecule has 0 aliphatic carbocycles. The van der Waals surface area contributed by atoms with Gasteiger partial charge >= 0.3 is 6.03 Å². The molecule has 6 nitrogen and oxygen atoms in total. The largest absolute Gasteiger partial charge is 0.358 e. The fourth-order valence-electron chi connectivity index (χ4n) is 2.12. The highest BCUT2D eigenvalue weighted by molar-refractivity contribution is 6.44. The van der Waals surface area contributed by atoms with E-state index in [2.05, 4.69) is 41.3 Å². The van der Waals surface area contributed by atoms with Gasteiger partial charge in [0.15, 0.2) is 0 Å². The first-order chi connectivity index (χ1) is 11.7. The van der Waals surface area contributed by atoms with Crippen molar-refractivity contribution in [3.8, 4) is 0 Å². The second kappa shape index (κ2) is 8.10. The van der Waals surface area contributed by atoms with Crippen molar-refractivity contribution < 1.29 is 14.6 Å². The molecule has 0 spiro atoms. The number of anilines is 2. The summed E-state index contributed by atoms with van der Waals surface area (Å²) in [7, 11) is 1.43. The minimum Gasteiger partial charge on any atom is -0.358 e. The molecule has 136 valence electrons. The third kappa shape index (κ3) is 5.12. The van der Waals surface area contributed by atoms with Crippen LogP contribution in [0, 0.1) is 0 Å². The standard InChI is InChI=1S/C17H21Cl2N3O3/c1-17(2,3)14-8-12(13(20-14)9-25-24-4)22-16(23)21-11-7-5-6-10(18)15(11)19/h5-8,20H,9H2,1-4H3,(H2,21,22,23). The predicted octanol–water partition coefficient (Wildman–Crippen LogP) is 5.34. The fraction of sp³-hybridized carbons (Fsp3) is 0.353. The van der Waals surface area contributed by atoms with Crippen LogP contribution in [0.3, 0.4) is 0 Å². The molecule has 1 aromatic heterocycles. The van der Waals surface area contributed by atoms with Gasteiger partial charge in [-0.2, -0.15) is 0 Å². The molecule has 0 atom stereocenters. The third-order valence-corrected chi connectivity index (χ3v) is 4.30. The molecule has 0 aliphatic rings. The molecule has 0 saturated heterocycles. The van der Waals surface area contributed by atoms with Gasteiger partial charge in [0.1, 0.15) is 6.61 Å². The molecule has 0 fully saturated rings. The van der Waals surface area contributed by atoms with Gasteiger partial charge in [-0.1, -0.05) is 50.0 Å². The summed E-state index contributed by atoms with van der Waals surface area (Å²) in [6.45, 7) is 6.36. The number of nitrogens with one attached hydrogen (secondary N) is 3. The van der Waals surface area contributed by atoms with E-state index in [1.54, 1.807) is 18.2 Å². The van der Waals surface area contributed by atoms with Gasteiger partial charge < -0.3 is 15.6 Å². The highest BCUT2D eigenvalue weighted by Crippen LogP contribution is 2.30. The molecule has 2 amide bonds. The Balaban J connectivity index is 2.18. The number of H-pyrrole nitrogens is 1. The molecule has 0 aliphatic heterocycles. The van der Waals surface area contributed by atoms with E-state index in [1.807, 2.05) is 6.07 Å². The number of rotatable bonds is 5. The fourth-order valence-corrected chi connectivity index (χ4v) is 2.47. The number of aromatic amines is 1. The number of urea groups is 1. The number of carbonyl (C=O) groups is 1. The highest BCUT2D eigenvalue weighted by atomic mass is 35.5. The smallest absolute Gasteiger partial charge is 0.323 e. The van der Waals surface area contributed by atoms with E-state index in [0.717, 1.165) is 5.69 Å². The number of hydrogen-bond donors (Lipinski definition) is 3. The van der Waals surface area contributed by atoms with E-state index in [0.29, 0.717) is 22.1 Å². The Morgan fingerprint density at radius 3 is 2.52 bits per heavy atom. The molecular formula is C17H21Cl2N3O3. The number of benzene rings is 1. The van der Waals surface area contributed by atoms with E-state index in [9.17, 15) is 4.79 Å². The Morgan fingerprint density at radius 2 is 1.88 bits per heavy atom. The molecule has 25 heavy (non-hydrogen) atoms. The topological polar surface area (TPSA) is 75.4 Å². The van der Waals surface area contributed by atoms with Gasteiger partial charge in [0.05, 0.1) is 34.2 Å². The maximum Gasteiger partial charge on any atom is 0.323 e. The quantitative estimate of drug-likeness (QED) is 0.480. The van der Waals surface area contributed by atoms with Crippen LogP contribution >= 0.6 is 23.2 Å². The van der Waals surface area contributed by atoms with Gasteiger partial charge in [-0.05, 0) is 18.2 Å². The van der Waals surface area contributed by atoms with Gasteiger partial charge in [0.2, 0.25) is 0 Å². The van der Waals surface area contributed by atoms with Crippen LogP contribution in [0.5, 0.6) is 0 Å². The maximum atomic E-state index is 12.3. The molecule has 0 bridgehead atoms. The Bertz CT molecular complexity index is 754. The lowest BCUT2D eigenvalue weighted by Gasteiger charge is -2.15. The lowest BCUT2D eigenvalue weighted by atomic mass is 9.92. The molecule has 0 unspecified atom stereocenters.